The van der Waals surface area contributed by atoms with Crippen LogP contribution in [0, 0.1) is 0 Å². The SMILES string of the molecule is C=Cc1ccc(COC(=O)c2ccc3c(c2)C(=O)N(S(C)(=O)=O)C3=O)cc1. The lowest BCUT2D eigenvalue weighted by molar-refractivity contribution is 0.0472. The minimum atomic E-state index is -4.04. The second-order valence-electron chi connectivity index (χ2n) is 5.92. The number of sulfonamides is 1. The summed E-state index contributed by atoms with van der Waals surface area (Å²) >= 11 is 0. The van der Waals surface area contributed by atoms with Crippen LogP contribution in [0.15, 0.2) is 49.0 Å². The van der Waals surface area contributed by atoms with Crippen LogP contribution in [0.3, 0.4) is 0 Å². The maximum absolute atomic E-state index is 12.2. The molecule has 0 bridgehead atoms. The molecule has 1 aliphatic rings. The number of nitrogens with zero attached hydrogens (tertiary/aromatic N) is 1. The van der Waals surface area contributed by atoms with Gasteiger partial charge in [0.1, 0.15) is 6.61 Å². The Labute approximate surface area is 155 Å². The van der Waals surface area contributed by atoms with Gasteiger partial charge in [-0.1, -0.05) is 36.9 Å². The lowest BCUT2D eigenvalue weighted by atomic mass is 10.1. The average Bonchev–Trinajstić information content (AvgIpc) is 2.90. The first-order valence-corrected chi connectivity index (χ1v) is 9.68. The molecule has 2 aromatic carbocycles. The molecule has 0 aliphatic carbocycles. The molecule has 0 atom stereocenters. The van der Waals surface area contributed by atoms with E-state index < -0.39 is 27.8 Å². The molecule has 7 nitrogen and oxygen atoms in total. The number of carbonyl (C=O) groups excluding carboxylic acids is 3. The van der Waals surface area contributed by atoms with Crippen LogP contribution in [0.2, 0.25) is 0 Å². The van der Waals surface area contributed by atoms with Crippen molar-refractivity contribution >= 4 is 33.9 Å². The predicted molar refractivity (Wildman–Crippen MR) is 97.4 cm³/mol. The standard InChI is InChI=1S/C19H15NO6S/c1-3-12-4-6-13(7-5-12)11-26-19(23)14-8-9-15-16(10-14)18(22)20(17(15)21)27(2,24)25/h3-10H,1,11H2,2H3. The van der Waals surface area contributed by atoms with Crippen molar-refractivity contribution < 1.29 is 27.5 Å². The first-order chi connectivity index (χ1) is 12.7. The monoisotopic (exact) mass is 385 g/mol. The van der Waals surface area contributed by atoms with Gasteiger partial charge < -0.3 is 4.74 Å². The van der Waals surface area contributed by atoms with Crippen molar-refractivity contribution in [2.75, 3.05) is 6.26 Å². The molecule has 0 N–H and O–H groups in total. The molecule has 0 unspecified atom stereocenters. The number of hydrogen-bond donors (Lipinski definition) is 0. The molecule has 0 fully saturated rings. The number of esters is 1. The van der Waals surface area contributed by atoms with Crippen molar-refractivity contribution in [2.45, 2.75) is 6.61 Å². The van der Waals surface area contributed by atoms with Crippen molar-refractivity contribution in [3.05, 3.63) is 76.9 Å². The van der Waals surface area contributed by atoms with Gasteiger partial charge in [0.05, 0.1) is 22.9 Å². The average molecular weight is 385 g/mol. The third kappa shape index (κ3) is 3.52. The van der Waals surface area contributed by atoms with Gasteiger partial charge in [-0.2, -0.15) is 4.31 Å². The summed E-state index contributed by atoms with van der Waals surface area (Å²) < 4.78 is 28.7. The zero-order valence-electron chi connectivity index (χ0n) is 14.3. The summed E-state index contributed by atoms with van der Waals surface area (Å²) in [7, 11) is -4.04. The molecule has 2 amide bonds. The number of ether oxygens (including phenoxy) is 1. The summed E-state index contributed by atoms with van der Waals surface area (Å²) in [6.45, 7) is 3.68. The summed E-state index contributed by atoms with van der Waals surface area (Å²) in [5.41, 5.74) is 1.54. The topological polar surface area (TPSA) is 97.8 Å². The number of amides is 2. The summed E-state index contributed by atoms with van der Waals surface area (Å²) in [5.74, 6) is -2.60. The number of carbonyl (C=O) groups is 3. The maximum Gasteiger partial charge on any atom is 0.338 e. The Hall–Kier alpha value is -3.26. The third-order valence-electron chi connectivity index (χ3n) is 4.00. The second kappa shape index (κ2) is 6.81. The highest BCUT2D eigenvalue weighted by Crippen LogP contribution is 2.26. The maximum atomic E-state index is 12.2. The fourth-order valence-corrected chi connectivity index (χ4v) is 3.43. The van der Waals surface area contributed by atoms with Crippen LogP contribution >= 0.6 is 0 Å². The molecule has 1 aliphatic heterocycles. The Balaban J connectivity index is 1.78. The van der Waals surface area contributed by atoms with Gasteiger partial charge in [0.2, 0.25) is 10.0 Å². The molecule has 2 aromatic rings. The number of rotatable bonds is 5. The Kier molecular flexibility index (Phi) is 4.67. The highest BCUT2D eigenvalue weighted by molar-refractivity contribution is 7.89. The van der Waals surface area contributed by atoms with Gasteiger partial charge in [-0.25, -0.2) is 13.2 Å². The van der Waals surface area contributed by atoms with Gasteiger partial charge in [-0.05, 0) is 29.3 Å². The van der Waals surface area contributed by atoms with Crippen molar-refractivity contribution in [3.63, 3.8) is 0 Å². The second-order valence-corrected chi connectivity index (χ2v) is 7.75. The lowest BCUT2D eigenvalue weighted by Crippen LogP contribution is -2.35. The fraction of sp³-hybridized carbons (Fsp3) is 0.105. The van der Waals surface area contributed by atoms with E-state index >= 15 is 0 Å². The van der Waals surface area contributed by atoms with Crippen LogP contribution in [0.1, 0.15) is 42.2 Å². The van der Waals surface area contributed by atoms with Crippen LogP contribution in [-0.2, 0) is 21.4 Å². The van der Waals surface area contributed by atoms with E-state index in [4.69, 9.17) is 4.74 Å². The molecule has 8 heteroatoms. The van der Waals surface area contributed by atoms with Crippen molar-refractivity contribution in [3.8, 4) is 0 Å². The highest BCUT2D eigenvalue weighted by Gasteiger charge is 2.41. The van der Waals surface area contributed by atoms with Gasteiger partial charge in [-0.15, -0.1) is 0 Å². The van der Waals surface area contributed by atoms with Crippen LogP contribution in [0.25, 0.3) is 6.08 Å². The van der Waals surface area contributed by atoms with Crippen LogP contribution in [0.5, 0.6) is 0 Å². The first kappa shape index (κ1) is 18.5. The summed E-state index contributed by atoms with van der Waals surface area (Å²) in [6.07, 6.45) is 2.46. The molecule has 0 aromatic heterocycles. The van der Waals surface area contributed by atoms with Crippen LogP contribution in [0.4, 0.5) is 0 Å². The van der Waals surface area contributed by atoms with Gasteiger partial charge in [-0.3, -0.25) is 9.59 Å². The van der Waals surface area contributed by atoms with E-state index in [9.17, 15) is 22.8 Å². The van der Waals surface area contributed by atoms with E-state index in [2.05, 4.69) is 6.58 Å². The fourth-order valence-electron chi connectivity index (χ4n) is 2.63. The number of hydrogen-bond acceptors (Lipinski definition) is 6. The summed E-state index contributed by atoms with van der Waals surface area (Å²) in [6, 6.07) is 11.0. The van der Waals surface area contributed by atoms with E-state index in [0.717, 1.165) is 17.4 Å². The Morgan fingerprint density at radius 1 is 1.07 bits per heavy atom. The lowest BCUT2D eigenvalue weighted by Gasteiger charge is -2.09. The van der Waals surface area contributed by atoms with E-state index in [-0.39, 0.29) is 27.6 Å². The molecule has 0 spiro atoms. The molecule has 0 saturated carbocycles. The van der Waals surface area contributed by atoms with Gasteiger partial charge >= 0.3 is 5.97 Å². The minimum Gasteiger partial charge on any atom is -0.457 e. The summed E-state index contributed by atoms with van der Waals surface area (Å²) in [4.78, 5) is 36.6. The van der Waals surface area contributed by atoms with E-state index in [1.165, 1.54) is 18.2 Å². The zero-order chi connectivity index (χ0) is 19.8. The van der Waals surface area contributed by atoms with Gasteiger partial charge in [0.25, 0.3) is 11.8 Å². The largest absolute Gasteiger partial charge is 0.457 e. The number of imide groups is 1. The Bertz CT molecular complexity index is 1070. The quantitative estimate of drug-likeness (QED) is 0.578. The molecule has 0 saturated heterocycles. The molecule has 3 rings (SSSR count). The third-order valence-corrected chi connectivity index (χ3v) is 5.00. The number of benzene rings is 2. The molecule has 138 valence electrons. The molecule has 27 heavy (non-hydrogen) atoms. The van der Waals surface area contributed by atoms with E-state index in [1.807, 2.05) is 12.1 Å². The molecular weight excluding hydrogens is 370 g/mol. The van der Waals surface area contributed by atoms with Crippen LogP contribution in [-0.4, -0.2) is 36.8 Å². The van der Waals surface area contributed by atoms with Crippen molar-refractivity contribution in [1.82, 2.24) is 4.31 Å². The van der Waals surface area contributed by atoms with E-state index in [1.54, 1.807) is 18.2 Å². The van der Waals surface area contributed by atoms with Crippen LogP contribution < -0.4 is 0 Å². The number of fused-ring (bicyclic) bond motifs is 1. The summed E-state index contributed by atoms with van der Waals surface area (Å²) in [5, 5.41) is 0. The molecule has 1 heterocycles. The Morgan fingerprint density at radius 2 is 1.70 bits per heavy atom. The zero-order valence-corrected chi connectivity index (χ0v) is 15.2. The first-order valence-electron chi connectivity index (χ1n) is 7.84. The predicted octanol–water partition coefficient (Wildman–Crippen LogP) is 2.24. The minimum absolute atomic E-state index is 0.0235. The smallest absolute Gasteiger partial charge is 0.338 e. The van der Waals surface area contributed by atoms with E-state index in [0.29, 0.717) is 0 Å². The normalized spacial score (nSPS) is 13.4. The molecule has 0 radical (unpaired) electrons. The van der Waals surface area contributed by atoms with Gasteiger partial charge in [0.15, 0.2) is 0 Å². The van der Waals surface area contributed by atoms with Crippen molar-refractivity contribution in [1.29, 1.82) is 0 Å². The highest BCUT2D eigenvalue weighted by atomic mass is 32.2. The van der Waals surface area contributed by atoms with Gasteiger partial charge in [0, 0.05) is 0 Å². The van der Waals surface area contributed by atoms with Crippen molar-refractivity contribution in [2.24, 2.45) is 0 Å². The molecular formula is C19H15NO6S. The Morgan fingerprint density at radius 3 is 2.30 bits per heavy atom.